The Morgan fingerprint density at radius 2 is 1.83 bits per heavy atom. The van der Waals surface area contributed by atoms with E-state index in [-0.39, 0.29) is 12.3 Å². The van der Waals surface area contributed by atoms with E-state index in [1.165, 1.54) is 4.52 Å². The van der Waals surface area contributed by atoms with Gasteiger partial charge < -0.3 is 9.47 Å². The zero-order chi connectivity index (χ0) is 16.9. The molecule has 1 aromatic carbocycles. The minimum absolute atomic E-state index is 0.182. The second-order valence-corrected chi connectivity index (χ2v) is 5.10. The molecule has 0 amide bonds. The van der Waals surface area contributed by atoms with Gasteiger partial charge in [-0.2, -0.15) is 5.10 Å². The summed E-state index contributed by atoms with van der Waals surface area (Å²) in [6, 6.07) is 14.2. The quantitative estimate of drug-likeness (QED) is 0.675. The zero-order valence-electron chi connectivity index (χ0n) is 13.1. The minimum Gasteiger partial charge on any atom is -0.462 e. The molecule has 0 atom stereocenters. The summed E-state index contributed by atoms with van der Waals surface area (Å²) in [6.07, 6.45) is 1.61. The van der Waals surface area contributed by atoms with Gasteiger partial charge in [0.1, 0.15) is 6.61 Å². The molecular formula is C18H16N2O4. The van der Waals surface area contributed by atoms with Crippen molar-refractivity contribution in [2.75, 3.05) is 6.61 Å². The van der Waals surface area contributed by atoms with Crippen molar-refractivity contribution in [2.45, 2.75) is 13.5 Å². The molecule has 0 aliphatic carbocycles. The topological polar surface area (TPSA) is 69.9 Å². The van der Waals surface area contributed by atoms with Crippen LogP contribution < -0.4 is 0 Å². The molecule has 0 aliphatic rings. The molecule has 6 nitrogen and oxygen atoms in total. The predicted octanol–water partition coefficient (Wildman–Crippen LogP) is 2.87. The summed E-state index contributed by atoms with van der Waals surface area (Å²) in [6.45, 7) is 2.23. The summed E-state index contributed by atoms with van der Waals surface area (Å²) in [5, 5.41) is 4.16. The molecule has 3 aromatic rings. The number of hydrogen-bond acceptors (Lipinski definition) is 5. The van der Waals surface area contributed by atoms with Gasteiger partial charge in [0.2, 0.25) is 0 Å². The van der Waals surface area contributed by atoms with E-state index in [2.05, 4.69) is 5.10 Å². The van der Waals surface area contributed by atoms with Gasteiger partial charge in [0.05, 0.1) is 17.7 Å². The van der Waals surface area contributed by atoms with E-state index in [0.717, 1.165) is 5.56 Å². The molecule has 3 rings (SSSR count). The smallest absolute Gasteiger partial charge is 0.359 e. The Labute approximate surface area is 138 Å². The zero-order valence-corrected chi connectivity index (χ0v) is 13.1. The summed E-state index contributed by atoms with van der Waals surface area (Å²) >= 11 is 0. The normalized spacial score (nSPS) is 10.5. The molecule has 2 aromatic heterocycles. The number of carbonyl (C=O) groups is 2. The third kappa shape index (κ3) is 3.43. The first-order chi connectivity index (χ1) is 11.7. The highest BCUT2D eigenvalue weighted by Crippen LogP contribution is 2.12. The molecule has 0 bridgehead atoms. The molecule has 0 radical (unpaired) electrons. The van der Waals surface area contributed by atoms with Gasteiger partial charge in [0.15, 0.2) is 5.69 Å². The van der Waals surface area contributed by atoms with Gasteiger partial charge in [-0.25, -0.2) is 14.1 Å². The molecule has 0 saturated heterocycles. The van der Waals surface area contributed by atoms with Crippen LogP contribution in [0.4, 0.5) is 0 Å². The Hall–Kier alpha value is -3.15. The van der Waals surface area contributed by atoms with E-state index >= 15 is 0 Å². The summed E-state index contributed by atoms with van der Waals surface area (Å²) < 4.78 is 11.7. The van der Waals surface area contributed by atoms with Crippen molar-refractivity contribution < 1.29 is 19.1 Å². The molecule has 0 N–H and O–H groups in total. The number of pyridine rings is 1. The van der Waals surface area contributed by atoms with Gasteiger partial charge in [-0.15, -0.1) is 0 Å². The van der Waals surface area contributed by atoms with Gasteiger partial charge in [0, 0.05) is 6.20 Å². The molecule has 0 spiro atoms. The Morgan fingerprint density at radius 1 is 1.04 bits per heavy atom. The van der Waals surface area contributed by atoms with Crippen LogP contribution in [0, 0.1) is 0 Å². The number of benzene rings is 1. The standard InChI is InChI=1S/C18H16N2O4/c1-2-23-17(21)14-8-9-20-15(10-14)11-16(19-20)18(22)24-12-13-6-4-3-5-7-13/h3-11H,2,12H2,1H3. The maximum Gasteiger partial charge on any atom is 0.359 e. The Morgan fingerprint density at radius 3 is 2.58 bits per heavy atom. The van der Waals surface area contributed by atoms with Crippen LogP contribution in [0.15, 0.2) is 54.7 Å². The number of nitrogens with zero attached hydrogens (tertiary/aromatic N) is 2. The molecule has 24 heavy (non-hydrogen) atoms. The van der Waals surface area contributed by atoms with Crippen molar-refractivity contribution in [2.24, 2.45) is 0 Å². The number of esters is 2. The van der Waals surface area contributed by atoms with Crippen LogP contribution in [-0.2, 0) is 16.1 Å². The van der Waals surface area contributed by atoms with Crippen molar-refractivity contribution in [3.05, 3.63) is 71.5 Å². The van der Waals surface area contributed by atoms with Gasteiger partial charge in [-0.3, -0.25) is 0 Å². The highest BCUT2D eigenvalue weighted by Gasteiger charge is 2.14. The maximum atomic E-state index is 12.1. The average Bonchev–Trinajstić information content (AvgIpc) is 3.04. The number of hydrogen-bond donors (Lipinski definition) is 0. The molecule has 0 fully saturated rings. The van der Waals surface area contributed by atoms with E-state index in [4.69, 9.17) is 9.47 Å². The third-order valence-electron chi connectivity index (χ3n) is 3.40. The molecule has 0 saturated carbocycles. The lowest BCUT2D eigenvalue weighted by Crippen LogP contribution is -2.06. The summed E-state index contributed by atoms with van der Waals surface area (Å²) in [5.41, 5.74) is 2.12. The second-order valence-electron chi connectivity index (χ2n) is 5.10. The van der Waals surface area contributed by atoms with Crippen molar-refractivity contribution in [3.8, 4) is 0 Å². The van der Waals surface area contributed by atoms with Crippen molar-refractivity contribution in [3.63, 3.8) is 0 Å². The van der Waals surface area contributed by atoms with Gasteiger partial charge in [-0.05, 0) is 30.7 Å². The number of rotatable bonds is 5. The van der Waals surface area contributed by atoms with Gasteiger partial charge in [-0.1, -0.05) is 30.3 Å². The van der Waals surface area contributed by atoms with Crippen LogP contribution in [0.25, 0.3) is 5.52 Å². The number of carbonyl (C=O) groups excluding carboxylic acids is 2. The van der Waals surface area contributed by atoms with Crippen LogP contribution in [-0.4, -0.2) is 28.2 Å². The summed E-state index contributed by atoms with van der Waals surface area (Å²) in [5.74, 6) is -0.922. The van der Waals surface area contributed by atoms with Crippen LogP contribution in [0.3, 0.4) is 0 Å². The number of ether oxygens (including phenoxy) is 2. The van der Waals surface area contributed by atoms with Crippen LogP contribution >= 0.6 is 0 Å². The molecule has 122 valence electrons. The monoisotopic (exact) mass is 324 g/mol. The fraction of sp³-hybridized carbons (Fsp3) is 0.167. The van der Waals surface area contributed by atoms with E-state index in [0.29, 0.717) is 17.7 Å². The fourth-order valence-electron chi connectivity index (χ4n) is 2.23. The van der Waals surface area contributed by atoms with E-state index in [1.807, 2.05) is 30.3 Å². The third-order valence-corrected chi connectivity index (χ3v) is 3.40. The molecular weight excluding hydrogens is 308 g/mol. The molecule has 0 unspecified atom stereocenters. The van der Waals surface area contributed by atoms with E-state index in [9.17, 15) is 9.59 Å². The lowest BCUT2D eigenvalue weighted by Gasteiger charge is -2.02. The largest absolute Gasteiger partial charge is 0.462 e. The van der Waals surface area contributed by atoms with Crippen molar-refractivity contribution >= 4 is 17.5 Å². The lowest BCUT2D eigenvalue weighted by atomic mass is 10.2. The summed E-state index contributed by atoms with van der Waals surface area (Å²) in [7, 11) is 0. The Bertz CT molecular complexity index is 871. The highest BCUT2D eigenvalue weighted by molar-refractivity contribution is 5.92. The minimum atomic E-state index is -0.514. The first kappa shape index (κ1) is 15.7. The average molecular weight is 324 g/mol. The maximum absolute atomic E-state index is 12.1. The molecule has 0 aliphatic heterocycles. The second kappa shape index (κ2) is 6.95. The van der Waals surface area contributed by atoms with Crippen LogP contribution in [0.1, 0.15) is 33.3 Å². The summed E-state index contributed by atoms with van der Waals surface area (Å²) in [4.78, 5) is 23.9. The first-order valence-corrected chi connectivity index (χ1v) is 7.55. The predicted molar refractivity (Wildman–Crippen MR) is 86.7 cm³/mol. The first-order valence-electron chi connectivity index (χ1n) is 7.55. The van der Waals surface area contributed by atoms with E-state index < -0.39 is 11.9 Å². The van der Waals surface area contributed by atoms with Crippen LogP contribution in [0.5, 0.6) is 0 Å². The Kier molecular flexibility index (Phi) is 4.56. The number of aromatic nitrogens is 2. The SMILES string of the molecule is CCOC(=O)c1ccn2nc(C(=O)OCc3ccccc3)cc2c1. The van der Waals surface area contributed by atoms with Crippen molar-refractivity contribution in [1.29, 1.82) is 0 Å². The van der Waals surface area contributed by atoms with Gasteiger partial charge >= 0.3 is 11.9 Å². The van der Waals surface area contributed by atoms with Gasteiger partial charge in [0.25, 0.3) is 0 Å². The highest BCUT2D eigenvalue weighted by atomic mass is 16.5. The molecule has 6 heteroatoms. The number of fused-ring (bicyclic) bond motifs is 1. The van der Waals surface area contributed by atoms with Crippen LogP contribution in [0.2, 0.25) is 0 Å². The lowest BCUT2D eigenvalue weighted by molar-refractivity contribution is 0.0464. The Balaban J connectivity index is 1.75. The fourth-order valence-corrected chi connectivity index (χ4v) is 2.23. The molecule has 2 heterocycles. The van der Waals surface area contributed by atoms with Crippen molar-refractivity contribution in [1.82, 2.24) is 9.61 Å². The van der Waals surface area contributed by atoms with E-state index in [1.54, 1.807) is 31.3 Å².